The van der Waals surface area contributed by atoms with Crippen molar-refractivity contribution in [2.24, 2.45) is 0 Å². The summed E-state index contributed by atoms with van der Waals surface area (Å²) in [4.78, 5) is 16.6. The molecule has 1 aromatic heterocycles. The highest BCUT2D eigenvalue weighted by Crippen LogP contribution is 2.29. The van der Waals surface area contributed by atoms with Crippen LogP contribution < -0.4 is 10.6 Å². The monoisotopic (exact) mass is 457 g/mol. The van der Waals surface area contributed by atoms with E-state index in [4.69, 9.17) is 11.6 Å². The van der Waals surface area contributed by atoms with Crippen LogP contribution in [0.1, 0.15) is 5.01 Å². The van der Waals surface area contributed by atoms with E-state index < -0.39 is 15.9 Å². The predicted octanol–water partition coefficient (Wildman–Crippen LogP) is 5.57. The molecule has 1 heterocycles. The number of sulfone groups is 1. The molecule has 0 unspecified atom stereocenters. The molecule has 0 aliphatic carbocycles. The van der Waals surface area contributed by atoms with Gasteiger partial charge in [-0.1, -0.05) is 35.9 Å². The molecule has 0 aliphatic rings. The smallest absolute Gasteiger partial charge is 0.308 e. The van der Waals surface area contributed by atoms with Gasteiger partial charge < -0.3 is 10.6 Å². The second-order valence-electron chi connectivity index (χ2n) is 6.43. The average Bonchev–Trinajstić information content (AvgIpc) is 3.23. The van der Waals surface area contributed by atoms with E-state index in [2.05, 4.69) is 15.6 Å². The molecule has 9 heteroatoms. The topological polar surface area (TPSA) is 88.2 Å². The van der Waals surface area contributed by atoms with Crippen LogP contribution in [-0.4, -0.2) is 19.4 Å². The summed E-state index contributed by atoms with van der Waals surface area (Å²) in [6.45, 7) is 0. The SMILES string of the molecule is O=C(Nc1ccc(S(=O)(=O)Cc2nccs2)cc1)Nc1ccc(Cl)c2ccccc12. The third kappa shape index (κ3) is 4.46. The number of halogens is 1. The van der Waals surface area contributed by atoms with E-state index in [1.165, 1.54) is 23.5 Å². The van der Waals surface area contributed by atoms with Crippen molar-refractivity contribution in [1.82, 2.24) is 4.98 Å². The number of hydrogen-bond donors (Lipinski definition) is 2. The molecule has 0 saturated heterocycles. The van der Waals surface area contributed by atoms with E-state index in [-0.39, 0.29) is 10.6 Å². The molecule has 152 valence electrons. The highest BCUT2D eigenvalue weighted by molar-refractivity contribution is 7.90. The Morgan fingerprint density at radius 2 is 1.70 bits per heavy atom. The number of fused-ring (bicyclic) bond motifs is 1. The van der Waals surface area contributed by atoms with Gasteiger partial charge in [0.1, 0.15) is 10.8 Å². The van der Waals surface area contributed by atoms with Crippen LogP contribution in [0.5, 0.6) is 0 Å². The molecule has 3 aromatic carbocycles. The fraction of sp³-hybridized carbons (Fsp3) is 0.0476. The van der Waals surface area contributed by atoms with E-state index in [9.17, 15) is 13.2 Å². The van der Waals surface area contributed by atoms with Gasteiger partial charge in [-0.15, -0.1) is 11.3 Å². The van der Waals surface area contributed by atoms with Crippen molar-refractivity contribution in [2.75, 3.05) is 10.6 Å². The number of benzene rings is 3. The van der Waals surface area contributed by atoms with Crippen molar-refractivity contribution in [3.05, 3.63) is 82.3 Å². The summed E-state index contributed by atoms with van der Waals surface area (Å²) in [5, 5.41) is 10.0. The molecule has 0 saturated carbocycles. The quantitative estimate of drug-likeness (QED) is 0.410. The molecule has 6 nitrogen and oxygen atoms in total. The average molecular weight is 458 g/mol. The zero-order valence-corrected chi connectivity index (χ0v) is 17.9. The predicted molar refractivity (Wildman–Crippen MR) is 121 cm³/mol. The zero-order chi connectivity index (χ0) is 21.1. The normalized spacial score (nSPS) is 11.4. The zero-order valence-electron chi connectivity index (χ0n) is 15.5. The maximum atomic E-state index is 12.5. The Morgan fingerprint density at radius 3 is 2.40 bits per heavy atom. The third-order valence-electron chi connectivity index (χ3n) is 4.39. The molecule has 0 spiro atoms. The van der Waals surface area contributed by atoms with Crippen molar-refractivity contribution in [2.45, 2.75) is 10.6 Å². The van der Waals surface area contributed by atoms with Crippen LogP contribution in [0, 0.1) is 0 Å². The van der Waals surface area contributed by atoms with Crippen molar-refractivity contribution in [3.8, 4) is 0 Å². The molecule has 4 aromatic rings. The lowest BCUT2D eigenvalue weighted by molar-refractivity contribution is 0.262. The van der Waals surface area contributed by atoms with Crippen LogP contribution in [-0.2, 0) is 15.6 Å². The summed E-state index contributed by atoms with van der Waals surface area (Å²) in [6.07, 6.45) is 1.57. The standard InChI is InChI=1S/C21H16ClN3O3S2/c22-18-9-10-19(17-4-2-1-3-16(17)18)25-21(26)24-14-5-7-15(8-6-14)30(27,28)13-20-23-11-12-29-20/h1-12H,13H2,(H2,24,25,26). The van der Waals surface area contributed by atoms with Crippen LogP contribution in [0.15, 0.2) is 77.1 Å². The Bertz CT molecular complexity index is 1310. The fourth-order valence-electron chi connectivity index (χ4n) is 2.97. The van der Waals surface area contributed by atoms with Crippen LogP contribution in [0.2, 0.25) is 5.02 Å². The first-order valence-corrected chi connectivity index (χ1v) is 11.8. The van der Waals surface area contributed by atoms with Crippen molar-refractivity contribution >= 4 is 61.0 Å². The Hall–Kier alpha value is -2.94. The molecule has 0 aliphatic heterocycles. The van der Waals surface area contributed by atoms with Gasteiger partial charge in [0.2, 0.25) is 0 Å². The van der Waals surface area contributed by atoms with Crippen LogP contribution in [0.4, 0.5) is 16.2 Å². The lowest BCUT2D eigenvalue weighted by atomic mass is 10.1. The number of hydrogen-bond acceptors (Lipinski definition) is 5. The largest absolute Gasteiger partial charge is 0.323 e. The van der Waals surface area contributed by atoms with Crippen LogP contribution >= 0.6 is 22.9 Å². The Kier molecular flexibility index (Phi) is 5.72. The molecule has 4 rings (SSSR count). The fourth-order valence-corrected chi connectivity index (χ4v) is 5.45. The number of nitrogens with zero attached hydrogens (tertiary/aromatic N) is 1. The second-order valence-corrected chi connectivity index (χ2v) is 9.80. The second kappa shape index (κ2) is 8.43. The number of anilines is 2. The molecule has 0 radical (unpaired) electrons. The third-order valence-corrected chi connectivity index (χ3v) is 7.32. The number of carbonyl (C=O) groups excluding carboxylic acids is 1. The van der Waals surface area contributed by atoms with Gasteiger partial charge >= 0.3 is 6.03 Å². The number of urea groups is 1. The molecule has 0 bridgehead atoms. The van der Waals surface area contributed by atoms with E-state index >= 15 is 0 Å². The minimum atomic E-state index is -3.50. The molecule has 2 N–H and O–H groups in total. The summed E-state index contributed by atoms with van der Waals surface area (Å²) < 4.78 is 25.0. The van der Waals surface area contributed by atoms with Gasteiger partial charge in [0, 0.05) is 33.1 Å². The minimum Gasteiger partial charge on any atom is -0.308 e. The summed E-state index contributed by atoms with van der Waals surface area (Å²) >= 11 is 7.51. The Balaban J connectivity index is 1.46. The maximum absolute atomic E-state index is 12.5. The summed E-state index contributed by atoms with van der Waals surface area (Å²) in [6, 6.07) is 16.6. The highest BCUT2D eigenvalue weighted by atomic mass is 35.5. The number of carbonyl (C=O) groups is 1. The van der Waals surface area contributed by atoms with E-state index in [0.717, 1.165) is 10.8 Å². The number of amides is 2. The van der Waals surface area contributed by atoms with Gasteiger partial charge in [0.05, 0.1) is 10.6 Å². The van der Waals surface area contributed by atoms with Crippen LogP contribution in [0.25, 0.3) is 10.8 Å². The number of nitrogens with one attached hydrogen (secondary N) is 2. The number of rotatable bonds is 5. The van der Waals surface area contributed by atoms with Gasteiger partial charge in [-0.2, -0.15) is 0 Å². The molecule has 0 fully saturated rings. The van der Waals surface area contributed by atoms with Gasteiger partial charge in [-0.3, -0.25) is 0 Å². The Labute approximate surface area is 182 Å². The van der Waals surface area contributed by atoms with Crippen molar-refractivity contribution in [3.63, 3.8) is 0 Å². The van der Waals surface area contributed by atoms with Gasteiger partial charge in [0.15, 0.2) is 9.84 Å². The molecule has 2 amide bonds. The lowest BCUT2D eigenvalue weighted by Crippen LogP contribution is -2.19. The van der Waals surface area contributed by atoms with Gasteiger partial charge in [-0.25, -0.2) is 18.2 Å². The van der Waals surface area contributed by atoms with Gasteiger partial charge in [-0.05, 0) is 36.4 Å². The molecule has 0 atom stereocenters. The number of aromatic nitrogens is 1. The molecular formula is C21H16ClN3O3S2. The summed E-state index contributed by atoms with van der Waals surface area (Å²) in [5.74, 6) is -0.151. The van der Waals surface area contributed by atoms with E-state index in [1.54, 1.807) is 35.8 Å². The van der Waals surface area contributed by atoms with Crippen LogP contribution in [0.3, 0.4) is 0 Å². The van der Waals surface area contributed by atoms with Crippen molar-refractivity contribution in [1.29, 1.82) is 0 Å². The van der Waals surface area contributed by atoms with Gasteiger partial charge in [0.25, 0.3) is 0 Å². The maximum Gasteiger partial charge on any atom is 0.323 e. The highest BCUT2D eigenvalue weighted by Gasteiger charge is 2.17. The minimum absolute atomic E-state index is 0.151. The first-order chi connectivity index (χ1) is 14.4. The summed E-state index contributed by atoms with van der Waals surface area (Å²) in [7, 11) is -3.50. The van der Waals surface area contributed by atoms with E-state index in [0.29, 0.717) is 21.4 Å². The number of thiazole rings is 1. The Morgan fingerprint density at radius 1 is 0.967 bits per heavy atom. The lowest BCUT2D eigenvalue weighted by Gasteiger charge is -2.11. The summed E-state index contributed by atoms with van der Waals surface area (Å²) in [5.41, 5.74) is 1.09. The molecule has 30 heavy (non-hydrogen) atoms. The first-order valence-electron chi connectivity index (χ1n) is 8.89. The molecular weight excluding hydrogens is 442 g/mol. The van der Waals surface area contributed by atoms with E-state index in [1.807, 2.05) is 24.3 Å². The first kappa shape index (κ1) is 20.3. The van der Waals surface area contributed by atoms with Crippen molar-refractivity contribution < 1.29 is 13.2 Å².